The monoisotopic (exact) mass is 450 g/mol. The Morgan fingerprint density at radius 2 is 1.88 bits per heavy atom. The third-order valence-corrected chi connectivity index (χ3v) is 5.62. The van der Waals surface area contributed by atoms with E-state index in [1.54, 1.807) is 20.8 Å². The summed E-state index contributed by atoms with van der Waals surface area (Å²) in [6, 6.07) is 18.9. The Hall–Kier alpha value is -3.53. The Labute approximate surface area is 194 Å². The number of methoxy groups -OCH3 is 1. The van der Waals surface area contributed by atoms with Crippen LogP contribution in [-0.2, 0) is 20.9 Å². The van der Waals surface area contributed by atoms with E-state index in [0.29, 0.717) is 25.2 Å². The third kappa shape index (κ3) is 5.46. The normalized spacial score (nSPS) is 20.1. The molecule has 2 atom stereocenters. The van der Waals surface area contributed by atoms with Crippen LogP contribution in [-0.4, -0.2) is 35.2 Å². The first-order valence-electron chi connectivity index (χ1n) is 10.9. The van der Waals surface area contributed by atoms with Gasteiger partial charge in [0.15, 0.2) is 5.54 Å². The SMILES string of the molecule is COC(=O)[C@]1(CC#N)CC[C@H](c2cccc(OCc3ccccc3)c2)N1C(=O)OC(C)(C)C. The van der Waals surface area contributed by atoms with Crippen molar-refractivity contribution in [1.82, 2.24) is 4.90 Å². The summed E-state index contributed by atoms with van der Waals surface area (Å²) in [5, 5.41) is 9.49. The zero-order valence-electron chi connectivity index (χ0n) is 19.5. The van der Waals surface area contributed by atoms with Crippen molar-refractivity contribution < 1.29 is 23.8 Å². The molecule has 1 aliphatic heterocycles. The van der Waals surface area contributed by atoms with Gasteiger partial charge in [0, 0.05) is 0 Å². The van der Waals surface area contributed by atoms with Gasteiger partial charge in [0.05, 0.1) is 25.6 Å². The van der Waals surface area contributed by atoms with Crippen LogP contribution in [0.2, 0.25) is 0 Å². The number of hydrogen-bond donors (Lipinski definition) is 0. The Balaban J connectivity index is 1.94. The molecular weight excluding hydrogens is 420 g/mol. The fraction of sp³-hybridized carbons (Fsp3) is 0.423. The average molecular weight is 451 g/mol. The van der Waals surface area contributed by atoms with E-state index in [4.69, 9.17) is 14.2 Å². The zero-order chi connectivity index (χ0) is 24.1. The summed E-state index contributed by atoms with van der Waals surface area (Å²) in [5.41, 5.74) is -0.329. The summed E-state index contributed by atoms with van der Waals surface area (Å²) in [7, 11) is 1.26. The third-order valence-electron chi connectivity index (χ3n) is 5.62. The molecule has 174 valence electrons. The fourth-order valence-corrected chi connectivity index (χ4v) is 4.17. The highest BCUT2D eigenvalue weighted by Crippen LogP contribution is 2.46. The molecule has 7 nitrogen and oxygen atoms in total. The smallest absolute Gasteiger partial charge is 0.411 e. The highest BCUT2D eigenvalue weighted by molar-refractivity contribution is 5.87. The first-order valence-corrected chi connectivity index (χ1v) is 10.9. The van der Waals surface area contributed by atoms with Crippen LogP contribution in [0.25, 0.3) is 0 Å². The lowest BCUT2D eigenvalue weighted by Crippen LogP contribution is -2.55. The Kier molecular flexibility index (Phi) is 7.27. The first-order chi connectivity index (χ1) is 15.7. The molecule has 1 saturated heterocycles. The topological polar surface area (TPSA) is 88.9 Å². The van der Waals surface area contributed by atoms with E-state index in [0.717, 1.165) is 11.1 Å². The molecule has 33 heavy (non-hydrogen) atoms. The highest BCUT2D eigenvalue weighted by atomic mass is 16.6. The van der Waals surface area contributed by atoms with Gasteiger partial charge in [-0.05, 0) is 56.9 Å². The molecule has 1 heterocycles. The van der Waals surface area contributed by atoms with Gasteiger partial charge in [-0.25, -0.2) is 9.59 Å². The zero-order valence-corrected chi connectivity index (χ0v) is 19.5. The molecule has 1 aliphatic rings. The molecule has 0 aliphatic carbocycles. The van der Waals surface area contributed by atoms with Gasteiger partial charge in [-0.1, -0.05) is 42.5 Å². The summed E-state index contributed by atoms with van der Waals surface area (Å²) in [4.78, 5) is 27.6. The van der Waals surface area contributed by atoms with Crippen molar-refractivity contribution in [2.24, 2.45) is 0 Å². The van der Waals surface area contributed by atoms with Crippen LogP contribution < -0.4 is 4.74 Å². The Morgan fingerprint density at radius 1 is 1.15 bits per heavy atom. The fourth-order valence-electron chi connectivity index (χ4n) is 4.17. The van der Waals surface area contributed by atoms with Crippen molar-refractivity contribution in [3.05, 3.63) is 65.7 Å². The molecule has 1 fully saturated rings. The van der Waals surface area contributed by atoms with Crippen molar-refractivity contribution in [3.8, 4) is 11.8 Å². The molecular formula is C26H30N2O5. The van der Waals surface area contributed by atoms with Crippen LogP contribution in [0.1, 0.15) is 57.2 Å². The summed E-state index contributed by atoms with van der Waals surface area (Å²) >= 11 is 0. The molecule has 7 heteroatoms. The van der Waals surface area contributed by atoms with Gasteiger partial charge in [0.1, 0.15) is 18.0 Å². The minimum absolute atomic E-state index is 0.181. The maximum absolute atomic E-state index is 13.3. The number of hydrogen-bond acceptors (Lipinski definition) is 6. The van der Waals surface area contributed by atoms with E-state index in [-0.39, 0.29) is 6.42 Å². The number of benzene rings is 2. The predicted octanol–water partition coefficient (Wildman–Crippen LogP) is 5.16. The minimum Gasteiger partial charge on any atom is -0.489 e. The average Bonchev–Trinajstić information content (AvgIpc) is 3.18. The van der Waals surface area contributed by atoms with Crippen LogP contribution in [0.15, 0.2) is 54.6 Å². The van der Waals surface area contributed by atoms with Crippen molar-refractivity contribution in [2.75, 3.05) is 7.11 Å². The lowest BCUT2D eigenvalue weighted by atomic mass is 9.93. The van der Waals surface area contributed by atoms with Gasteiger partial charge in [-0.2, -0.15) is 5.26 Å². The van der Waals surface area contributed by atoms with Gasteiger partial charge in [-0.3, -0.25) is 4.90 Å². The van der Waals surface area contributed by atoms with Crippen LogP contribution in [0.3, 0.4) is 0 Å². The van der Waals surface area contributed by atoms with Gasteiger partial charge >= 0.3 is 12.1 Å². The summed E-state index contributed by atoms with van der Waals surface area (Å²) in [5.74, 6) is 0.0326. The van der Waals surface area contributed by atoms with E-state index in [9.17, 15) is 14.9 Å². The summed E-state index contributed by atoms with van der Waals surface area (Å²) in [6.07, 6.45) is -0.0504. The Morgan fingerprint density at radius 3 is 2.52 bits per heavy atom. The first kappa shape index (κ1) is 24.1. The number of nitriles is 1. The minimum atomic E-state index is -1.41. The van der Waals surface area contributed by atoms with E-state index < -0.39 is 29.2 Å². The van der Waals surface area contributed by atoms with Crippen LogP contribution in [0, 0.1) is 11.3 Å². The molecule has 0 bridgehead atoms. The van der Waals surface area contributed by atoms with Crippen molar-refractivity contribution in [1.29, 1.82) is 5.26 Å². The van der Waals surface area contributed by atoms with Gasteiger partial charge in [0.2, 0.25) is 0 Å². The second kappa shape index (κ2) is 9.95. The molecule has 1 amide bonds. The lowest BCUT2D eigenvalue weighted by Gasteiger charge is -2.38. The van der Waals surface area contributed by atoms with Gasteiger partial charge in [0.25, 0.3) is 0 Å². The molecule has 3 rings (SSSR count). The number of carbonyl (C=O) groups excluding carboxylic acids is 2. The van der Waals surface area contributed by atoms with Crippen LogP contribution >= 0.6 is 0 Å². The molecule has 0 spiro atoms. The van der Waals surface area contributed by atoms with E-state index in [1.165, 1.54) is 12.0 Å². The summed E-state index contributed by atoms with van der Waals surface area (Å²) in [6.45, 7) is 5.69. The quantitative estimate of drug-likeness (QED) is 0.565. The molecule has 0 saturated carbocycles. The molecule has 0 N–H and O–H groups in total. The van der Waals surface area contributed by atoms with Crippen molar-refractivity contribution in [3.63, 3.8) is 0 Å². The maximum Gasteiger partial charge on any atom is 0.411 e. The van der Waals surface area contributed by atoms with E-state index in [1.807, 2.05) is 54.6 Å². The van der Waals surface area contributed by atoms with E-state index >= 15 is 0 Å². The molecule has 0 radical (unpaired) electrons. The second-order valence-electron chi connectivity index (χ2n) is 9.11. The van der Waals surface area contributed by atoms with Gasteiger partial charge in [-0.15, -0.1) is 0 Å². The number of ether oxygens (including phenoxy) is 3. The molecule has 0 aromatic heterocycles. The molecule has 2 aromatic rings. The summed E-state index contributed by atoms with van der Waals surface area (Å²) < 4.78 is 16.6. The Bertz CT molecular complexity index is 1020. The largest absolute Gasteiger partial charge is 0.489 e. The molecule has 2 aromatic carbocycles. The second-order valence-corrected chi connectivity index (χ2v) is 9.11. The number of amides is 1. The predicted molar refractivity (Wildman–Crippen MR) is 122 cm³/mol. The van der Waals surface area contributed by atoms with Crippen molar-refractivity contribution >= 4 is 12.1 Å². The number of likely N-dealkylation sites (tertiary alicyclic amines) is 1. The van der Waals surface area contributed by atoms with Crippen molar-refractivity contribution in [2.45, 2.75) is 63.8 Å². The number of esters is 1. The molecule has 0 unspecified atom stereocenters. The van der Waals surface area contributed by atoms with Gasteiger partial charge < -0.3 is 14.2 Å². The number of rotatable bonds is 6. The van der Waals surface area contributed by atoms with Crippen LogP contribution in [0.4, 0.5) is 4.79 Å². The maximum atomic E-state index is 13.3. The standard InChI is InChI=1S/C26H30N2O5/c1-25(2,3)33-24(30)28-22(13-14-26(28,15-16-27)23(29)31-4)20-11-8-12-21(17-20)32-18-19-9-6-5-7-10-19/h5-12,17,22H,13-15,18H2,1-4H3/t22-,26-/m1/s1. The number of nitrogens with zero attached hydrogens (tertiary/aromatic N) is 2. The lowest BCUT2D eigenvalue weighted by molar-refractivity contribution is -0.153. The van der Waals surface area contributed by atoms with Crippen LogP contribution in [0.5, 0.6) is 5.75 Å². The van der Waals surface area contributed by atoms with E-state index in [2.05, 4.69) is 6.07 Å². The highest BCUT2D eigenvalue weighted by Gasteiger charge is 2.56. The number of carbonyl (C=O) groups is 2.